The van der Waals surface area contributed by atoms with Gasteiger partial charge in [-0.05, 0) is 80.2 Å². The molecule has 0 aromatic heterocycles. The highest BCUT2D eigenvalue weighted by atomic mass is 19.2. The molecule has 0 heterocycles. The summed E-state index contributed by atoms with van der Waals surface area (Å²) < 4.78 is 28.1. The summed E-state index contributed by atoms with van der Waals surface area (Å²) in [6, 6.07) is 3.55. The Kier molecular flexibility index (Phi) is 5.94. The maximum atomic E-state index is 14.2. The van der Waals surface area contributed by atoms with Crippen LogP contribution in [0.1, 0.15) is 91.0 Å². The number of hydrogen-bond donors (Lipinski definition) is 0. The molecule has 0 radical (unpaired) electrons. The van der Waals surface area contributed by atoms with Crippen LogP contribution in [0.15, 0.2) is 12.1 Å². The van der Waals surface area contributed by atoms with Gasteiger partial charge in [-0.15, -0.1) is 0 Å². The van der Waals surface area contributed by atoms with Crippen LogP contribution in [0.25, 0.3) is 0 Å². The van der Waals surface area contributed by atoms with Crippen molar-refractivity contribution < 1.29 is 11.6 Å². The molecule has 2 aliphatic rings. The standard InChI is InChI=1S/C22H32F2.2H2/c1-3-4-16-6-8-17(9-7-16)18-10-12-19(13-11-18)20-14-5-15(2)21(23)22(20)24;;/h5,14,16-19H,3-4,6-13H2,1-2H3;2*1H. The van der Waals surface area contributed by atoms with Gasteiger partial charge < -0.3 is 0 Å². The Labute approximate surface area is 149 Å². The van der Waals surface area contributed by atoms with Crippen LogP contribution in [0.3, 0.4) is 0 Å². The largest absolute Gasteiger partial charge is 0.203 e. The summed E-state index contributed by atoms with van der Waals surface area (Å²) in [5.74, 6) is 1.64. The molecule has 0 bridgehead atoms. The number of halogens is 2. The fourth-order valence-electron chi connectivity index (χ4n) is 5.23. The first-order chi connectivity index (χ1) is 11.6. The zero-order chi connectivity index (χ0) is 17.1. The van der Waals surface area contributed by atoms with E-state index in [9.17, 15) is 8.78 Å². The normalized spacial score (nSPS) is 31.2. The molecule has 138 valence electrons. The van der Waals surface area contributed by atoms with Crippen LogP contribution in [0.5, 0.6) is 0 Å². The van der Waals surface area contributed by atoms with E-state index >= 15 is 0 Å². The number of benzene rings is 1. The van der Waals surface area contributed by atoms with E-state index in [1.54, 1.807) is 13.0 Å². The Morgan fingerprint density at radius 1 is 0.875 bits per heavy atom. The minimum absolute atomic E-state index is 0. The highest BCUT2D eigenvalue weighted by Crippen LogP contribution is 2.45. The third-order valence-electron chi connectivity index (χ3n) is 6.77. The highest BCUT2D eigenvalue weighted by molar-refractivity contribution is 5.28. The molecule has 0 unspecified atom stereocenters. The average Bonchev–Trinajstić information content (AvgIpc) is 2.61. The second-order valence-corrected chi connectivity index (χ2v) is 8.28. The van der Waals surface area contributed by atoms with E-state index in [4.69, 9.17) is 0 Å². The molecule has 1 aromatic rings. The lowest BCUT2D eigenvalue weighted by Crippen LogP contribution is -2.25. The molecule has 2 aliphatic carbocycles. The smallest absolute Gasteiger partial charge is 0.162 e. The minimum atomic E-state index is -0.649. The van der Waals surface area contributed by atoms with Crippen molar-refractivity contribution in [3.05, 3.63) is 34.9 Å². The summed E-state index contributed by atoms with van der Waals surface area (Å²) >= 11 is 0. The van der Waals surface area contributed by atoms with Gasteiger partial charge in [-0.2, -0.15) is 0 Å². The van der Waals surface area contributed by atoms with Crippen molar-refractivity contribution in [3.63, 3.8) is 0 Å². The van der Waals surface area contributed by atoms with E-state index in [2.05, 4.69) is 6.92 Å². The van der Waals surface area contributed by atoms with Gasteiger partial charge in [0.2, 0.25) is 0 Å². The van der Waals surface area contributed by atoms with Gasteiger partial charge in [-0.1, -0.05) is 44.7 Å². The van der Waals surface area contributed by atoms with Gasteiger partial charge in [-0.25, -0.2) is 8.78 Å². The van der Waals surface area contributed by atoms with Crippen LogP contribution < -0.4 is 0 Å². The van der Waals surface area contributed by atoms with E-state index in [0.717, 1.165) is 30.6 Å². The molecule has 1 aromatic carbocycles. The second-order valence-electron chi connectivity index (χ2n) is 8.28. The Balaban J connectivity index is 0.00000169. The molecule has 0 atom stereocenters. The first kappa shape index (κ1) is 17.9. The van der Waals surface area contributed by atoms with E-state index in [0.29, 0.717) is 11.1 Å². The van der Waals surface area contributed by atoms with Gasteiger partial charge >= 0.3 is 0 Å². The van der Waals surface area contributed by atoms with Crippen LogP contribution in [-0.2, 0) is 0 Å². The highest BCUT2D eigenvalue weighted by Gasteiger charge is 2.32. The van der Waals surface area contributed by atoms with Crippen LogP contribution in [-0.4, -0.2) is 0 Å². The first-order valence-corrected chi connectivity index (χ1v) is 10.0. The molecule has 24 heavy (non-hydrogen) atoms. The van der Waals surface area contributed by atoms with Crippen molar-refractivity contribution >= 4 is 0 Å². The van der Waals surface area contributed by atoms with Crippen molar-refractivity contribution in [2.24, 2.45) is 17.8 Å². The van der Waals surface area contributed by atoms with Crippen molar-refractivity contribution in [2.45, 2.75) is 84.0 Å². The van der Waals surface area contributed by atoms with Gasteiger partial charge in [0, 0.05) is 2.85 Å². The minimum Gasteiger partial charge on any atom is -0.203 e. The van der Waals surface area contributed by atoms with Crippen LogP contribution in [0.4, 0.5) is 8.78 Å². The number of hydrogen-bond acceptors (Lipinski definition) is 0. The molecule has 0 amide bonds. The molecular formula is C22H36F2. The van der Waals surface area contributed by atoms with Crippen LogP contribution in [0, 0.1) is 36.3 Å². The fourth-order valence-corrected chi connectivity index (χ4v) is 5.23. The molecule has 0 spiro atoms. The molecule has 0 saturated heterocycles. The van der Waals surface area contributed by atoms with Crippen molar-refractivity contribution in [3.8, 4) is 0 Å². The lowest BCUT2D eigenvalue weighted by atomic mass is 9.68. The average molecular weight is 339 g/mol. The maximum Gasteiger partial charge on any atom is 0.162 e. The van der Waals surface area contributed by atoms with Gasteiger partial charge in [0.05, 0.1) is 0 Å². The Bertz CT molecular complexity index is 545. The lowest BCUT2D eigenvalue weighted by Gasteiger charge is -2.38. The molecule has 3 rings (SSSR count). The molecule has 0 aliphatic heterocycles. The van der Waals surface area contributed by atoms with Gasteiger partial charge in [-0.3, -0.25) is 0 Å². The molecule has 2 heteroatoms. The quantitative estimate of drug-likeness (QED) is 0.529. The van der Waals surface area contributed by atoms with Gasteiger partial charge in [0.1, 0.15) is 0 Å². The van der Waals surface area contributed by atoms with E-state index in [1.165, 1.54) is 51.4 Å². The Morgan fingerprint density at radius 3 is 2.04 bits per heavy atom. The topological polar surface area (TPSA) is 0 Å². The van der Waals surface area contributed by atoms with E-state index < -0.39 is 11.6 Å². The van der Waals surface area contributed by atoms with E-state index in [-0.39, 0.29) is 8.77 Å². The molecule has 2 saturated carbocycles. The second kappa shape index (κ2) is 7.97. The monoisotopic (exact) mass is 338 g/mol. The SMILES string of the molecule is CCCC1CCC(C2CCC(c3ccc(C)c(F)c3F)CC2)CC1.[HH].[HH]. The first-order valence-electron chi connectivity index (χ1n) is 10.0. The predicted molar refractivity (Wildman–Crippen MR) is 100 cm³/mol. The van der Waals surface area contributed by atoms with Crippen LogP contribution in [0.2, 0.25) is 0 Å². The Hall–Kier alpha value is -0.920. The molecule has 2 fully saturated rings. The predicted octanol–water partition coefficient (Wildman–Crippen LogP) is 7.65. The van der Waals surface area contributed by atoms with Crippen LogP contribution >= 0.6 is 0 Å². The molecule has 0 nitrogen and oxygen atoms in total. The summed E-state index contributed by atoms with van der Waals surface area (Å²) in [4.78, 5) is 0. The number of rotatable bonds is 4. The summed E-state index contributed by atoms with van der Waals surface area (Å²) in [6.45, 7) is 3.92. The summed E-state index contributed by atoms with van der Waals surface area (Å²) in [6.07, 6.45) is 12.8. The maximum absolute atomic E-state index is 14.2. The van der Waals surface area contributed by atoms with Gasteiger partial charge in [0.25, 0.3) is 0 Å². The zero-order valence-electron chi connectivity index (χ0n) is 15.3. The van der Waals surface area contributed by atoms with Crippen molar-refractivity contribution in [2.75, 3.05) is 0 Å². The number of aryl methyl sites for hydroxylation is 1. The summed E-state index contributed by atoms with van der Waals surface area (Å²) in [5.41, 5.74) is 1.02. The van der Waals surface area contributed by atoms with Crippen molar-refractivity contribution in [1.29, 1.82) is 0 Å². The zero-order valence-corrected chi connectivity index (χ0v) is 15.3. The van der Waals surface area contributed by atoms with E-state index in [1.807, 2.05) is 6.07 Å². The lowest BCUT2D eigenvalue weighted by molar-refractivity contribution is 0.156. The fraction of sp³-hybridized carbons (Fsp3) is 0.727. The molecular weight excluding hydrogens is 302 g/mol. The Morgan fingerprint density at radius 2 is 1.46 bits per heavy atom. The van der Waals surface area contributed by atoms with Crippen molar-refractivity contribution in [1.82, 2.24) is 0 Å². The summed E-state index contributed by atoms with van der Waals surface area (Å²) in [7, 11) is 0. The molecule has 0 N–H and O–H groups in total. The third kappa shape index (κ3) is 3.83. The van der Waals surface area contributed by atoms with Gasteiger partial charge in [0.15, 0.2) is 11.6 Å². The third-order valence-corrected chi connectivity index (χ3v) is 6.77. The summed E-state index contributed by atoms with van der Waals surface area (Å²) in [5, 5.41) is 0.